The van der Waals surface area contributed by atoms with Crippen molar-refractivity contribution in [3.8, 4) is 0 Å². The highest BCUT2D eigenvalue weighted by molar-refractivity contribution is 6.01. The average molecular weight is 333 g/mol. The van der Waals surface area contributed by atoms with Crippen molar-refractivity contribution >= 4 is 17.8 Å². The number of nitrogens with zero attached hydrogens (tertiary/aromatic N) is 1. The van der Waals surface area contributed by atoms with E-state index < -0.39 is 23.7 Å². The molecule has 0 N–H and O–H groups in total. The second-order valence-electron chi connectivity index (χ2n) is 6.34. The molecule has 2 rings (SSSR count). The van der Waals surface area contributed by atoms with Gasteiger partial charge in [0.05, 0.1) is 13.0 Å². The molecule has 1 fully saturated rings. The minimum atomic E-state index is -1.38. The van der Waals surface area contributed by atoms with Crippen LogP contribution in [0.2, 0.25) is 0 Å². The number of rotatable bonds is 5. The quantitative estimate of drug-likeness (QED) is 0.774. The van der Waals surface area contributed by atoms with Gasteiger partial charge >= 0.3 is 11.9 Å². The Morgan fingerprint density at radius 3 is 2.46 bits per heavy atom. The van der Waals surface area contributed by atoms with Gasteiger partial charge in [-0.3, -0.25) is 14.5 Å². The van der Waals surface area contributed by atoms with Gasteiger partial charge in [-0.1, -0.05) is 32.0 Å². The first-order chi connectivity index (χ1) is 11.3. The molecule has 0 spiro atoms. The third-order valence-electron chi connectivity index (χ3n) is 4.06. The van der Waals surface area contributed by atoms with E-state index in [1.54, 1.807) is 44.2 Å². The fraction of sp³-hybridized carbons (Fsp3) is 0.500. The number of carbonyl (C=O) groups excluding carboxylic acids is 3. The lowest BCUT2D eigenvalue weighted by molar-refractivity contribution is -0.152. The molecule has 6 nitrogen and oxygen atoms in total. The van der Waals surface area contributed by atoms with Crippen molar-refractivity contribution in [2.24, 2.45) is 5.92 Å². The fourth-order valence-corrected chi connectivity index (χ4v) is 2.81. The van der Waals surface area contributed by atoms with Crippen LogP contribution >= 0.6 is 0 Å². The third kappa shape index (κ3) is 3.27. The maximum atomic E-state index is 13.0. The van der Waals surface area contributed by atoms with E-state index >= 15 is 0 Å². The molecule has 1 aromatic carbocycles. The first-order valence-corrected chi connectivity index (χ1v) is 8.06. The fourth-order valence-electron chi connectivity index (χ4n) is 2.81. The van der Waals surface area contributed by atoms with Crippen molar-refractivity contribution in [1.82, 2.24) is 4.90 Å². The molecule has 1 heterocycles. The molecular formula is C18H23NO5. The normalized spacial score (nSPS) is 23.3. The average Bonchev–Trinajstić information content (AvgIpc) is 2.79. The third-order valence-corrected chi connectivity index (χ3v) is 4.06. The summed E-state index contributed by atoms with van der Waals surface area (Å²) in [4.78, 5) is 38.8. The predicted molar refractivity (Wildman–Crippen MR) is 87.0 cm³/mol. The first kappa shape index (κ1) is 18.0. The van der Waals surface area contributed by atoms with Gasteiger partial charge in [-0.05, 0) is 26.0 Å². The van der Waals surface area contributed by atoms with E-state index in [0.717, 1.165) is 0 Å². The van der Waals surface area contributed by atoms with E-state index in [-0.39, 0.29) is 24.9 Å². The molecule has 1 aromatic rings. The van der Waals surface area contributed by atoms with Crippen molar-refractivity contribution in [1.29, 1.82) is 0 Å². The van der Waals surface area contributed by atoms with Crippen LogP contribution in [0.1, 0.15) is 44.5 Å². The second-order valence-corrected chi connectivity index (χ2v) is 6.34. The lowest BCUT2D eigenvalue weighted by atomic mass is 9.94. The van der Waals surface area contributed by atoms with E-state index in [4.69, 9.17) is 9.47 Å². The lowest BCUT2D eigenvalue weighted by Gasteiger charge is -2.34. The van der Waals surface area contributed by atoms with Crippen LogP contribution in [0.4, 0.5) is 0 Å². The van der Waals surface area contributed by atoms with Gasteiger partial charge in [-0.25, -0.2) is 4.79 Å². The summed E-state index contributed by atoms with van der Waals surface area (Å²) in [7, 11) is 0. The van der Waals surface area contributed by atoms with Crippen LogP contribution in [0.25, 0.3) is 0 Å². The highest BCUT2D eigenvalue weighted by Crippen LogP contribution is 2.36. The Morgan fingerprint density at radius 1 is 1.29 bits per heavy atom. The standard InChI is InChI=1S/C18H23NO5/c1-5-23-14(20)11-18(4)17(22)24-16(12(2)3)19(18)15(21)13-9-7-6-8-10-13/h6-10,12,16H,5,11H2,1-4H3/t16-,18+/m1/s1. The Morgan fingerprint density at radius 2 is 1.92 bits per heavy atom. The zero-order valence-electron chi connectivity index (χ0n) is 14.4. The maximum Gasteiger partial charge on any atom is 0.334 e. The van der Waals surface area contributed by atoms with Gasteiger partial charge in [0, 0.05) is 11.5 Å². The molecule has 2 atom stereocenters. The summed E-state index contributed by atoms with van der Waals surface area (Å²) >= 11 is 0. The number of amides is 1. The minimum Gasteiger partial charge on any atom is -0.466 e. The van der Waals surface area contributed by atoms with Gasteiger partial charge in [-0.15, -0.1) is 0 Å². The molecule has 130 valence electrons. The van der Waals surface area contributed by atoms with Crippen molar-refractivity contribution in [2.75, 3.05) is 6.61 Å². The van der Waals surface area contributed by atoms with E-state index in [1.807, 2.05) is 13.8 Å². The van der Waals surface area contributed by atoms with E-state index in [1.165, 1.54) is 4.90 Å². The monoisotopic (exact) mass is 333 g/mol. The van der Waals surface area contributed by atoms with Crippen LogP contribution in [0.3, 0.4) is 0 Å². The van der Waals surface area contributed by atoms with E-state index in [9.17, 15) is 14.4 Å². The number of benzene rings is 1. The molecule has 24 heavy (non-hydrogen) atoms. The summed E-state index contributed by atoms with van der Waals surface area (Å²) < 4.78 is 10.4. The summed E-state index contributed by atoms with van der Waals surface area (Å²) in [6.45, 7) is 7.18. The van der Waals surface area contributed by atoms with Gasteiger partial charge in [0.15, 0.2) is 11.8 Å². The van der Waals surface area contributed by atoms with Gasteiger partial charge < -0.3 is 9.47 Å². The van der Waals surface area contributed by atoms with E-state index in [0.29, 0.717) is 5.56 Å². The van der Waals surface area contributed by atoms with Crippen LogP contribution in [0.15, 0.2) is 30.3 Å². The highest BCUT2D eigenvalue weighted by Gasteiger charge is 2.56. The second kappa shape index (κ2) is 7.03. The van der Waals surface area contributed by atoms with Crippen LogP contribution in [-0.4, -0.2) is 41.1 Å². The molecule has 6 heteroatoms. The zero-order valence-corrected chi connectivity index (χ0v) is 14.4. The maximum absolute atomic E-state index is 13.0. The molecule has 0 bridgehead atoms. The van der Waals surface area contributed by atoms with E-state index in [2.05, 4.69) is 0 Å². The van der Waals surface area contributed by atoms with Gasteiger partial charge in [0.1, 0.15) is 0 Å². The predicted octanol–water partition coefficient (Wildman–Crippen LogP) is 2.38. The Bertz CT molecular complexity index is 628. The zero-order chi connectivity index (χ0) is 17.9. The van der Waals surface area contributed by atoms with Crippen molar-refractivity contribution in [3.05, 3.63) is 35.9 Å². The van der Waals surface area contributed by atoms with Crippen molar-refractivity contribution in [3.63, 3.8) is 0 Å². The Kier molecular flexibility index (Phi) is 5.26. The molecule has 0 unspecified atom stereocenters. The molecule has 1 aliphatic rings. The van der Waals surface area contributed by atoms with Crippen molar-refractivity contribution in [2.45, 2.75) is 45.9 Å². The Balaban J connectivity index is 2.41. The minimum absolute atomic E-state index is 0.106. The smallest absolute Gasteiger partial charge is 0.334 e. The Labute approximate surface area is 141 Å². The molecule has 0 aromatic heterocycles. The number of esters is 2. The number of carbonyl (C=O) groups is 3. The molecule has 1 amide bonds. The van der Waals surface area contributed by atoms with Crippen LogP contribution in [-0.2, 0) is 19.1 Å². The van der Waals surface area contributed by atoms with Gasteiger partial charge in [0.25, 0.3) is 5.91 Å². The molecule has 1 saturated heterocycles. The topological polar surface area (TPSA) is 72.9 Å². The number of cyclic esters (lactones) is 1. The van der Waals surface area contributed by atoms with Gasteiger partial charge in [-0.2, -0.15) is 0 Å². The first-order valence-electron chi connectivity index (χ1n) is 8.06. The summed E-state index contributed by atoms with van der Waals surface area (Å²) in [5.41, 5.74) is -0.940. The highest BCUT2D eigenvalue weighted by atomic mass is 16.6. The molecular weight excluding hydrogens is 310 g/mol. The van der Waals surface area contributed by atoms with Crippen LogP contribution in [0, 0.1) is 5.92 Å². The number of hydrogen-bond donors (Lipinski definition) is 0. The number of hydrogen-bond acceptors (Lipinski definition) is 5. The van der Waals surface area contributed by atoms with Gasteiger partial charge in [0.2, 0.25) is 0 Å². The SMILES string of the molecule is CCOC(=O)C[C@@]1(C)C(=O)O[C@H](C(C)C)N1C(=O)c1ccccc1. The summed E-state index contributed by atoms with van der Waals surface area (Å²) in [5.74, 6) is -1.57. The molecule has 1 aliphatic heterocycles. The number of ether oxygens (including phenoxy) is 2. The van der Waals surface area contributed by atoms with Crippen molar-refractivity contribution < 1.29 is 23.9 Å². The van der Waals surface area contributed by atoms with Crippen LogP contribution < -0.4 is 0 Å². The molecule has 0 aliphatic carbocycles. The summed E-state index contributed by atoms with van der Waals surface area (Å²) in [6, 6.07) is 8.65. The summed E-state index contributed by atoms with van der Waals surface area (Å²) in [6.07, 6.45) is -0.953. The molecule has 0 saturated carbocycles. The Hall–Kier alpha value is -2.37. The van der Waals surface area contributed by atoms with Crippen LogP contribution in [0.5, 0.6) is 0 Å². The molecule has 0 radical (unpaired) electrons. The lowest BCUT2D eigenvalue weighted by Crippen LogP contribution is -2.53. The largest absolute Gasteiger partial charge is 0.466 e. The summed E-state index contributed by atoms with van der Waals surface area (Å²) in [5, 5.41) is 0.